The van der Waals surface area contributed by atoms with Crippen LogP contribution in [0.5, 0.6) is 5.75 Å². The van der Waals surface area contributed by atoms with Crippen LogP contribution >= 0.6 is 11.3 Å². The minimum atomic E-state index is -0.282. The number of nitrogens with one attached hydrogen (secondary N) is 1. The number of hydrazone groups is 1. The number of hydrogen-bond donors (Lipinski definition) is 1. The van der Waals surface area contributed by atoms with Gasteiger partial charge in [-0.25, -0.2) is 5.43 Å². The number of para-hydroxylation sites is 1. The Labute approximate surface area is 122 Å². The topological polar surface area (TPSA) is 50.7 Å². The van der Waals surface area contributed by atoms with Crippen molar-refractivity contribution >= 4 is 23.0 Å². The minimum absolute atomic E-state index is 0.282. The second kappa shape index (κ2) is 6.34. The van der Waals surface area contributed by atoms with E-state index in [9.17, 15) is 4.79 Å². The zero-order chi connectivity index (χ0) is 14.5. The number of amides is 1. The fraction of sp³-hybridized carbons (Fsp3) is 0.200. The Balaban J connectivity index is 2.12. The van der Waals surface area contributed by atoms with Crippen LogP contribution in [0.4, 0.5) is 0 Å². The molecule has 0 unspecified atom stereocenters. The summed E-state index contributed by atoms with van der Waals surface area (Å²) in [5.74, 6) is 0.250. The fourth-order valence-corrected chi connectivity index (χ4v) is 2.52. The van der Waals surface area contributed by atoms with Gasteiger partial charge in [-0.1, -0.05) is 12.1 Å². The Morgan fingerprint density at radius 3 is 2.65 bits per heavy atom. The summed E-state index contributed by atoms with van der Waals surface area (Å²) in [7, 11) is 1.54. The molecule has 0 aliphatic heterocycles. The Morgan fingerprint density at radius 1 is 1.25 bits per heavy atom. The van der Waals surface area contributed by atoms with Gasteiger partial charge in [-0.05, 0) is 38.1 Å². The van der Waals surface area contributed by atoms with Crippen molar-refractivity contribution in [2.24, 2.45) is 5.10 Å². The molecule has 0 spiro atoms. The second-order valence-corrected chi connectivity index (χ2v) is 5.54. The van der Waals surface area contributed by atoms with Crippen LogP contribution in [0, 0.1) is 6.92 Å². The summed E-state index contributed by atoms with van der Waals surface area (Å²) >= 11 is 1.64. The van der Waals surface area contributed by atoms with Gasteiger partial charge >= 0.3 is 0 Å². The molecule has 1 heterocycles. The Hall–Kier alpha value is -2.14. The summed E-state index contributed by atoms with van der Waals surface area (Å²) in [5.41, 5.74) is 3.81. The van der Waals surface area contributed by atoms with Crippen molar-refractivity contribution in [1.82, 2.24) is 5.43 Å². The first kappa shape index (κ1) is 14.3. The van der Waals surface area contributed by atoms with Crippen molar-refractivity contribution in [3.8, 4) is 5.75 Å². The van der Waals surface area contributed by atoms with Crippen molar-refractivity contribution in [3.05, 3.63) is 51.7 Å². The van der Waals surface area contributed by atoms with E-state index in [4.69, 9.17) is 4.74 Å². The molecule has 1 aromatic heterocycles. The molecule has 5 heteroatoms. The first-order valence-electron chi connectivity index (χ1n) is 6.16. The quantitative estimate of drug-likeness (QED) is 0.693. The van der Waals surface area contributed by atoms with Crippen LogP contribution in [0.2, 0.25) is 0 Å². The largest absolute Gasteiger partial charge is 0.496 e. The highest BCUT2D eigenvalue weighted by Gasteiger charge is 2.10. The van der Waals surface area contributed by atoms with Gasteiger partial charge in [-0.3, -0.25) is 4.79 Å². The monoisotopic (exact) mass is 288 g/mol. The van der Waals surface area contributed by atoms with Gasteiger partial charge in [0.25, 0.3) is 5.91 Å². The number of carbonyl (C=O) groups excluding carboxylic acids is 1. The maximum atomic E-state index is 12.1. The third-order valence-electron chi connectivity index (χ3n) is 2.77. The van der Waals surface area contributed by atoms with E-state index in [-0.39, 0.29) is 5.91 Å². The van der Waals surface area contributed by atoms with Crippen molar-refractivity contribution in [2.45, 2.75) is 13.8 Å². The smallest absolute Gasteiger partial charge is 0.275 e. The van der Waals surface area contributed by atoms with Crippen LogP contribution in [-0.4, -0.2) is 18.7 Å². The van der Waals surface area contributed by atoms with Crippen LogP contribution in [-0.2, 0) is 0 Å². The molecule has 0 aliphatic carbocycles. The highest BCUT2D eigenvalue weighted by molar-refractivity contribution is 7.14. The molecule has 0 fully saturated rings. The van der Waals surface area contributed by atoms with Crippen LogP contribution < -0.4 is 10.2 Å². The van der Waals surface area contributed by atoms with Gasteiger partial charge < -0.3 is 4.74 Å². The highest BCUT2D eigenvalue weighted by atomic mass is 32.1. The van der Waals surface area contributed by atoms with Crippen molar-refractivity contribution in [3.63, 3.8) is 0 Å². The number of carbonyl (C=O) groups is 1. The number of hydrogen-bond acceptors (Lipinski definition) is 4. The van der Waals surface area contributed by atoms with Crippen LogP contribution in [0.15, 0.2) is 41.5 Å². The lowest BCUT2D eigenvalue weighted by Crippen LogP contribution is -2.19. The van der Waals surface area contributed by atoms with E-state index in [1.54, 1.807) is 29.5 Å². The molecule has 2 aromatic rings. The summed E-state index contributed by atoms with van der Waals surface area (Å²) < 4.78 is 5.15. The molecule has 2 rings (SSSR count). The van der Waals surface area contributed by atoms with Crippen molar-refractivity contribution in [1.29, 1.82) is 0 Å². The summed E-state index contributed by atoms with van der Waals surface area (Å²) in [4.78, 5) is 14.3. The van der Waals surface area contributed by atoms with E-state index < -0.39 is 0 Å². The van der Waals surface area contributed by atoms with Crippen molar-refractivity contribution < 1.29 is 9.53 Å². The Morgan fingerprint density at radius 2 is 2.00 bits per heavy atom. The predicted molar refractivity (Wildman–Crippen MR) is 81.7 cm³/mol. The lowest BCUT2D eigenvalue weighted by Gasteiger charge is -2.06. The Bertz CT molecular complexity index is 647. The maximum absolute atomic E-state index is 12.1. The molecule has 0 bridgehead atoms. The molecule has 4 nitrogen and oxygen atoms in total. The SMILES string of the molecule is COc1ccccc1C(=O)N/N=C(\C)c1ccc(C)s1. The standard InChI is InChI=1S/C15H16N2O2S/c1-10-8-9-14(20-10)11(2)16-17-15(18)12-6-4-5-7-13(12)19-3/h4-9H,1-3H3,(H,17,18)/b16-11+. The molecule has 0 saturated heterocycles. The fourth-order valence-electron chi connectivity index (χ4n) is 1.71. The van der Waals surface area contributed by atoms with Gasteiger partial charge in [0.1, 0.15) is 5.75 Å². The molecule has 104 valence electrons. The zero-order valence-electron chi connectivity index (χ0n) is 11.6. The lowest BCUT2D eigenvalue weighted by molar-refractivity contribution is 0.0952. The summed E-state index contributed by atoms with van der Waals surface area (Å²) in [6.45, 7) is 3.91. The predicted octanol–water partition coefficient (Wildman–Crippen LogP) is 3.22. The number of ether oxygens (including phenoxy) is 1. The van der Waals surface area contributed by atoms with Gasteiger partial charge in [-0.15, -0.1) is 11.3 Å². The molecule has 1 amide bonds. The molecule has 20 heavy (non-hydrogen) atoms. The molecule has 0 radical (unpaired) electrons. The molecule has 0 atom stereocenters. The first-order chi connectivity index (χ1) is 9.61. The molecule has 1 N–H and O–H groups in total. The van der Waals surface area contributed by atoms with Gasteiger partial charge in [0.15, 0.2) is 0 Å². The summed E-state index contributed by atoms with van der Waals surface area (Å²) in [5, 5.41) is 4.13. The number of methoxy groups -OCH3 is 1. The second-order valence-electron chi connectivity index (χ2n) is 4.25. The van der Waals surface area contributed by atoms with Gasteiger partial charge in [0.05, 0.1) is 23.3 Å². The Kier molecular flexibility index (Phi) is 4.53. The van der Waals surface area contributed by atoms with E-state index in [2.05, 4.69) is 10.5 Å². The average Bonchev–Trinajstić information content (AvgIpc) is 2.91. The maximum Gasteiger partial charge on any atom is 0.275 e. The normalized spacial score (nSPS) is 11.2. The zero-order valence-corrected chi connectivity index (χ0v) is 12.5. The first-order valence-corrected chi connectivity index (χ1v) is 6.98. The van der Waals surface area contributed by atoms with Crippen LogP contribution in [0.25, 0.3) is 0 Å². The minimum Gasteiger partial charge on any atom is -0.496 e. The third-order valence-corrected chi connectivity index (χ3v) is 3.88. The van der Waals surface area contributed by atoms with Gasteiger partial charge in [0.2, 0.25) is 0 Å². The van der Waals surface area contributed by atoms with E-state index >= 15 is 0 Å². The molecular weight excluding hydrogens is 272 g/mol. The van der Waals surface area contributed by atoms with Gasteiger partial charge in [0, 0.05) is 4.88 Å². The lowest BCUT2D eigenvalue weighted by atomic mass is 10.2. The molecule has 1 aromatic carbocycles. The van der Waals surface area contributed by atoms with Crippen molar-refractivity contribution in [2.75, 3.05) is 7.11 Å². The number of benzene rings is 1. The number of nitrogens with zero attached hydrogens (tertiary/aromatic N) is 1. The average molecular weight is 288 g/mol. The van der Waals surface area contributed by atoms with Crippen LogP contribution in [0.1, 0.15) is 27.0 Å². The van der Waals surface area contributed by atoms with E-state index in [1.807, 2.05) is 32.0 Å². The van der Waals surface area contributed by atoms with E-state index in [1.165, 1.54) is 12.0 Å². The number of rotatable bonds is 4. The highest BCUT2D eigenvalue weighted by Crippen LogP contribution is 2.18. The molecule has 0 aliphatic rings. The molecular formula is C15H16N2O2S. The van der Waals surface area contributed by atoms with E-state index in [0.717, 1.165) is 10.6 Å². The van der Waals surface area contributed by atoms with E-state index in [0.29, 0.717) is 11.3 Å². The number of thiophene rings is 1. The molecule has 0 saturated carbocycles. The summed E-state index contributed by atoms with van der Waals surface area (Å²) in [6, 6.07) is 11.1. The summed E-state index contributed by atoms with van der Waals surface area (Å²) in [6.07, 6.45) is 0. The van der Waals surface area contributed by atoms with Crippen LogP contribution in [0.3, 0.4) is 0 Å². The number of aryl methyl sites for hydroxylation is 1. The van der Waals surface area contributed by atoms with Gasteiger partial charge in [-0.2, -0.15) is 5.10 Å². The third kappa shape index (κ3) is 3.24.